The number of carboxylic acid groups (broad SMARTS) is 1. The number of allylic oxidation sites excluding steroid dienone is 2. The molecule has 0 heterocycles. The van der Waals surface area contributed by atoms with E-state index in [0.29, 0.717) is 43.2 Å². The molecule has 0 bridgehead atoms. The molecule has 150 valence electrons. The number of Topliss-reactive ketones (excluding diaryl/α,β-unsaturated/α-hetero) is 1. The van der Waals surface area contributed by atoms with E-state index >= 15 is 0 Å². The summed E-state index contributed by atoms with van der Waals surface area (Å²) in [6.07, 6.45) is 7.73. The fourth-order valence-electron chi connectivity index (χ4n) is 7.16. The van der Waals surface area contributed by atoms with Gasteiger partial charge in [0.2, 0.25) is 0 Å². The number of hydrogen-bond donors (Lipinski definition) is 1. The van der Waals surface area contributed by atoms with Gasteiger partial charge in [-0.3, -0.25) is 9.59 Å². The zero-order valence-corrected chi connectivity index (χ0v) is 16.5. The molecule has 0 aromatic heterocycles. The topological polar surface area (TPSA) is 72.8 Å². The van der Waals surface area contributed by atoms with Gasteiger partial charge in [0.25, 0.3) is 0 Å². The normalized spacial score (nSPS) is 41.1. The number of aliphatic carboxylic acids is 1. The van der Waals surface area contributed by atoms with Crippen LogP contribution in [0.4, 0.5) is 0 Å². The fourth-order valence-corrected chi connectivity index (χ4v) is 7.16. The third kappa shape index (κ3) is 3.27. The summed E-state index contributed by atoms with van der Waals surface area (Å²) in [4.78, 5) is 23.6. The van der Waals surface area contributed by atoms with Crippen molar-refractivity contribution in [1.29, 1.82) is 0 Å². The maximum atomic E-state index is 12.0. The first-order chi connectivity index (χ1) is 12.9. The largest absolute Gasteiger partial charge is 0.481 e. The van der Waals surface area contributed by atoms with Crippen molar-refractivity contribution in [3.05, 3.63) is 11.1 Å². The van der Waals surface area contributed by atoms with Crippen LogP contribution in [-0.2, 0) is 19.1 Å². The Morgan fingerprint density at radius 3 is 2.78 bits per heavy atom. The maximum absolute atomic E-state index is 12.0. The lowest BCUT2D eigenvalue weighted by atomic mass is 9.50. The molecule has 0 radical (unpaired) electrons. The highest BCUT2D eigenvalue weighted by atomic mass is 16.7. The first-order valence-corrected chi connectivity index (χ1v) is 10.5. The van der Waals surface area contributed by atoms with E-state index in [0.717, 1.165) is 38.5 Å². The predicted molar refractivity (Wildman–Crippen MR) is 100 cm³/mol. The Hall–Kier alpha value is -1.20. The molecule has 5 unspecified atom stereocenters. The van der Waals surface area contributed by atoms with Crippen LogP contribution >= 0.6 is 0 Å². The zero-order valence-electron chi connectivity index (χ0n) is 16.5. The Morgan fingerprint density at radius 1 is 1.22 bits per heavy atom. The van der Waals surface area contributed by atoms with Gasteiger partial charge in [0.15, 0.2) is 0 Å². The van der Waals surface area contributed by atoms with E-state index in [-0.39, 0.29) is 23.9 Å². The van der Waals surface area contributed by atoms with Crippen LogP contribution in [0.25, 0.3) is 0 Å². The second-order valence-electron chi connectivity index (χ2n) is 9.39. The van der Waals surface area contributed by atoms with E-state index in [1.54, 1.807) is 7.11 Å². The molecule has 2 fully saturated rings. The van der Waals surface area contributed by atoms with E-state index in [2.05, 4.69) is 6.92 Å². The molecule has 0 aromatic carbocycles. The highest BCUT2D eigenvalue weighted by Gasteiger charge is 2.58. The van der Waals surface area contributed by atoms with Gasteiger partial charge in [-0.05, 0) is 67.6 Å². The monoisotopic (exact) mass is 376 g/mol. The number of carbonyl (C=O) groups is 2. The number of rotatable bonds is 5. The molecule has 4 rings (SSSR count). The van der Waals surface area contributed by atoms with Crippen LogP contribution in [0, 0.1) is 29.1 Å². The van der Waals surface area contributed by atoms with Crippen molar-refractivity contribution in [3.8, 4) is 0 Å². The van der Waals surface area contributed by atoms with Gasteiger partial charge < -0.3 is 14.6 Å². The molecule has 27 heavy (non-hydrogen) atoms. The minimum atomic E-state index is -0.701. The molecule has 1 N–H and O–H groups in total. The van der Waals surface area contributed by atoms with Crippen molar-refractivity contribution in [2.45, 2.75) is 70.8 Å². The first-order valence-electron chi connectivity index (χ1n) is 10.5. The van der Waals surface area contributed by atoms with E-state index < -0.39 is 5.97 Å². The molecule has 5 nitrogen and oxygen atoms in total. The van der Waals surface area contributed by atoms with Gasteiger partial charge in [0.05, 0.1) is 6.10 Å². The molecule has 5 heteroatoms. The van der Waals surface area contributed by atoms with Gasteiger partial charge in [-0.1, -0.05) is 18.1 Å². The first kappa shape index (κ1) is 19.1. The lowest BCUT2D eigenvalue weighted by Crippen LogP contribution is -2.50. The van der Waals surface area contributed by atoms with Crippen molar-refractivity contribution < 1.29 is 24.2 Å². The quantitative estimate of drug-likeness (QED) is 0.581. The Kier molecular flexibility index (Phi) is 5.19. The van der Waals surface area contributed by atoms with E-state index in [1.165, 1.54) is 11.1 Å². The SMILES string of the molecule is COCOC1CCC2C3CCC4=C(CCC(=O)C4)C3[C@@H](CC(=O)O)CC12C. The summed E-state index contributed by atoms with van der Waals surface area (Å²) in [5, 5.41) is 9.60. The highest BCUT2D eigenvalue weighted by molar-refractivity contribution is 5.82. The molecule has 4 aliphatic carbocycles. The van der Waals surface area contributed by atoms with Crippen LogP contribution in [-0.4, -0.2) is 36.9 Å². The number of carbonyl (C=O) groups excluding carboxylic acids is 1. The lowest BCUT2D eigenvalue weighted by Gasteiger charge is -2.55. The summed E-state index contributed by atoms with van der Waals surface area (Å²) in [6.45, 7) is 2.63. The second-order valence-corrected chi connectivity index (χ2v) is 9.39. The van der Waals surface area contributed by atoms with Gasteiger partial charge in [-0.2, -0.15) is 0 Å². The summed E-state index contributed by atoms with van der Waals surface area (Å²) < 4.78 is 11.2. The summed E-state index contributed by atoms with van der Waals surface area (Å²) in [7, 11) is 1.65. The smallest absolute Gasteiger partial charge is 0.303 e. The lowest BCUT2D eigenvalue weighted by molar-refractivity contribution is -0.148. The van der Waals surface area contributed by atoms with Crippen molar-refractivity contribution in [3.63, 3.8) is 0 Å². The van der Waals surface area contributed by atoms with Gasteiger partial charge in [0, 0.05) is 26.4 Å². The van der Waals surface area contributed by atoms with Crippen molar-refractivity contribution in [2.75, 3.05) is 13.9 Å². The number of ketones is 1. The molecular weight excluding hydrogens is 344 g/mol. The molecule has 0 aromatic rings. The van der Waals surface area contributed by atoms with Crippen molar-refractivity contribution >= 4 is 11.8 Å². The number of methoxy groups -OCH3 is 1. The Morgan fingerprint density at radius 2 is 2.04 bits per heavy atom. The maximum Gasteiger partial charge on any atom is 0.303 e. The van der Waals surface area contributed by atoms with Crippen LogP contribution in [0.1, 0.15) is 64.7 Å². The molecule has 0 aliphatic heterocycles. The van der Waals surface area contributed by atoms with Crippen molar-refractivity contribution in [1.82, 2.24) is 0 Å². The Balaban J connectivity index is 1.67. The van der Waals surface area contributed by atoms with Crippen LogP contribution in [0.15, 0.2) is 11.1 Å². The summed E-state index contributed by atoms with van der Waals surface area (Å²) in [5.41, 5.74) is 2.83. The zero-order chi connectivity index (χ0) is 19.2. The molecular formula is C22H32O5. The van der Waals surface area contributed by atoms with Crippen LogP contribution in [0.2, 0.25) is 0 Å². The number of fused-ring (bicyclic) bond motifs is 4. The van der Waals surface area contributed by atoms with Crippen molar-refractivity contribution in [2.24, 2.45) is 29.1 Å². The summed E-state index contributed by atoms with van der Waals surface area (Å²) >= 11 is 0. The summed E-state index contributed by atoms with van der Waals surface area (Å²) in [5.74, 6) is 1.29. The van der Waals surface area contributed by atoms with Crippen LogP contribution in [0.3, 0.4) is 0 Å². The number of carboxylic acids is 1. The minimum Gasteiger partial charge on any atom is -0.481 e. The van der Waals surface area contributed by atoms with E-state index in [1.807, 2.05) is 0 Å². The van der Waals surface area contributed by atoms with Gasteiger partial charge >= 0.3 is 5.97 Å². The minimum absolute atomic E-state index is 0.0301. The highest BCUT2D eigenvalue weighted by Crippen LogP contribution is 2.63. The Bertz CT molecular complexity index is 653. The molecule has 6 atom stereocenters. The standard InChI is InChI=1S/C22H32O5/c1-22-11-14(10-20(24)25)21-16-6-4-15(23)9-13(16)3-5-17(21)18(22)7-8-19(22)27-12-26-2/h14,17-19,21H,3-12H2,1-2H3,(H,24,25)/t14-,17?,18?,19?,21?,22?/m0/s1. The van der Waals surface area contributed by atoms with Crippen LogP contribution in [0.5, 0.6) is 0 Å². The third-order valence-corrected chi connectivity index (χ3v) is 8.05. The fraction of sp³-hybridized carbons (Fsp3) is 0.818. The number of hydrogen-bond acceptors (Lipinski definition) is 4. The predicted octanol–water partition coefficient (Wildman–Crippen LogP) is 3.96. The Labute approximate surface area is 161 Å². The van der Waals surface area contributed by atoms with Gasteiger partial charge in [0.1, 0.15) is 12.6 Å². The third-order valence-electron chi connectivity index (χ3n) is 8.05. The summed E-state index contributed by atoms with van der Waals surface area (Å²) in [6, 6.07) is 0. The van der Waals surface area contributed by atoms with Gasteiger partial charge in [-0.25, -0.2) is 0 Å². The van der Waals surface area contributed by atoms with Crippen LogP contribution < -0.4 is 0 Å². The molecule has 4 aliphatic rings. The molecule has 0 amide bonds. The van der Waals surface area contributed by atoms with E-state index in [4.69, 9.17) is 9.47 Å². The number of ether oxygens (including phenoxy) is 2. The molecule has 2 saturated carbocycles. The average Bonchev–Trinajstić information content (AvgIpc) is 2.94. The van der Waals surface area contributed by atoms with E-state index in [9.17, 15) is 14.7 Å². The van der Waals surface area contributed by atoms with Gasteiger partial charge in [-0.15, -0.1) is 0 Å². The molecule has 0 spiro atoms. The second kappa shape index (κ2) is 7.32. The molecule has 0 saturated heterocycles. The average molecular weight is 376 g/mol.